The summed E-state index contributed by atoms with van der Waals surface area (Å²) >= 11 is 1.41. The number of thioether (sulfide) groups is 1. The van der Waals surface area contributed by atoms with Crippen LogP contribution in [-0.4, -0.2) is 21.8 Å². The maximum Gasteiger partial charge on any atom is 0.236 e. The summed E-state index contributed by atoms with van der Waals surface area (Å²) in [5.41, 5.74) is 0.757. The Kier molecular flexibility index (Phi) is 2.27. The van der Waals surface area contributed by atoms with E-state index in [-0.39, 0.29) is 5.91 Å². The standard InChI is InChI=1S/C8H7N3OS/c12-7-5-13-8(11-7)10-6-2-1-3-9-4-6/h1-4H,5H2,(H,10,11,12). The second-order valence-corrected chi connectivity index (χ2v) is 3.43. The van der Waals surface area contributed by atoms with Gasteiger partial charge in [-0.2, -0.15) is 0 Å². The Balaban J connectivity index is 2.17. The molecular formula is C8H7N3OS. The van der Waals surface area contributed by atoms with Crippen LogP contribution in [0.25, 0.3) is 0 Å². The fourth-order valence-corrected chi connectivity index (χ4v) is 1.62. The summed E-state index contributed by atoms with van der Waals surface area (Å²) in [7, 11) is 0. The van der Waals surface area contributed by atoms with Gasteiger partial charge in [-0.15, -0.1) is 0 Å². The highest BCUT2D eigenvalue weighted by Gasteiger charge is 2.15. The van der Waals surface area contributed by atoms with Crippen molar-refractivity contribution in [3.05, 3.63) is 24.5 Å². The monoisotopic (exact) mass is 193 g/mol. The normalized spacial score (nSPS) is 19.1. The van der Waals surface area contributed by atoms with Crippen LogP contribution in [-0.2, 0) is 4.79 Å². The van der Waals surface area contributed by atoms with Crippen LogP contribution in [0.1, 0.15) is 0 Å². The summed E-state index contributed by atoms with van der Waals surface area (Å²) in [4.78, 5) is 18.9. The fourth-order valence-electron chi connectivity index (χ4n) is 0.923. The molecule has 1 saturated heterocycles. The molecule has 1 fully saturated rings. The van der Waals surface area contributed by atoms with E-state index in [1.165, 1.54) is 11.8 Å². The molecule has 0 bridgehead atoms. The number of carbonyl (C=O) groups excluding carboxylic acids is 1. The number of amides is 1. The Hall–Kier alpha value is -1.36. The molecule has 0 saturated carbocycles. The molecule has 0 atom stereocenters. The van der Waals surface area contributed by atoms with Gasteiger partial charge in [0.25, 0.3) is 0 Å². The first-order valence-electron chi connectivity index (χ1n) is 3.76. The van der Waals surface area contributed by atoms with Crippen molar-refractivity contribution in [1.82, 2.24) is 10.3 Å². The first-order valence-corrected chi connectivity index (χ1v) is 4.74. The van der Waals surface area contributed by atoms with Gasteiger partial charge in [0, 0.05) is 6.20 Å². The Morgan fingerprint density at radius 2 is 2.54 bits per heavy atom. The van der Waals surface area contributed by atoms with E-state index in [1.807, 2.05) is 6.07 Å². The molecule has 1 aromatic heterocycles. The van der Waals surface area contributed by atoms with Gasteiger partial charge in [0.1, 0.15) is 0 Å². The molecule has 0 aromatic carbocycles. The number of pyridine rings is 1. The van der Waals surface area contributed by atoms with Crippen molar-refractivity contribution < 1.29 is 4.79 Å². The number of nitrogens with one attached hydrogen (secondary N) is 1. The number of carbonyl (C=O) groups is 1. The highest BCUT2D eigenvalue weighted by molar-refractivity contribution is 8.15. The lowest BCUT2D eigenvalue weighted by Gasteiger charge is -1.94. The zero-order valence-corrected chi connectivity index (χ0v) is 7.54. The molecule has 5 heteroatoms. The molecule has 1 amide bonds. The van der Waals surface area contributed by atoms with Crippen molar-refractivity contribution in [2.24, 2.45) is 4.99 Å². The van der Waals surface area contributed by atoms with Gasteiger partial charge in [-0.3, -0.25) is 9.78 Å². The summed E-state index contributed by atoms with van der Waals surface area (Å²) in [5, 5.41) is 3.30. The van der Waals surface area contributed by atoms with Crippen LogP contribution in [0.4, 0.5) is 5.69 Å². The lowest BCUT2D eigenvalue weighted by Crippen LogP contribution is -2.19. The maximum absolute atomic E-state index is 10.8. The number of rotatable bonds is 1. The van der Waals surface area contributed by atoms with Crippen molar-refractivity contribution in [3.8, 4) is 0 Å². The first kappa shape index (κ1) is 8.25. The third-order valence-electron chi connectivity index (χ3n) is 1.46. The molecule has 1 aromatic rings. The lowest BCUT2D eigenvalue weighted by atomic mass is 10.4. The van der Waals surface area contributed by atoms with E-state index in [0.717, 1.165) is 5.69 Å². The predicted octanol–water partition coefficient (Wildman–Crippen LogP) is 0.932. The summed E-state index contributed by atoms with van der Waals surface area (Å²) in [5.74, 6) is 0.465. The van der Waals surface area contributed by atoms with E-state index in [0.29, 0.717) is 10.9 Å². The third kappa shape index (κ3) is 2.06. The van der Waals surface area contributed by atoms with Crippen LogP contribution in [0, 0.1) is 0 Å². The Labute approximate surface area is 79.5 Å². The molecule has 1 aliphatic heterocycles. The number of hydrogen-bond acceptors (Lipinski definition) is 4. The Bertz CT molecular complexity index is 350. The summed E-state index contributed by atoms with van der Waals surface area (Å²) in [6.45, 7) is 0. The van der Waals surface area contributed by atoms with Gasteiger partial charge >= 0.3 is 0 Å². The second-order valence-electron chi connectivity index (χ2n) is 2.47. The maximum atomic E-state index is 10.8. The first-order chi connectivity index (χ1) is 6.34. The minimum atomic E-state index is 0.00707. The van der Waals surface area contributed by atoms with Crippen molar-refractivity contribution in [3.63, 3.8) is 0 Å². The zero-order chi connectivity index (χ0) is 9.10. The Morgan fingerprint density at radius 3 is 3.15 bits per heavy atom. The molecule has 66 valence electrons. The van der Waals surface area contributed by atoms with E-state index >= 15 is 0 Å². The van der Waals surface area contributed by atoms with E-state index in [1.54, 1.807) is 18.5 Å². The predicted molar refractivity (Wildman–Crippen MR) is 51.9 cm³/mol. The minimum Gasteiger partial charge on any atom is -0.304 e. The van der Waals surface area contributed by atoms with Gasteiger partial charge in [-0.25, -0.2) is 4.99 Å². The molecule has 1 aliphatic rings. The van der Waals surface area contributed by atoms with Gasteiger partial charge in [-0.05, 0) is 12.1 Å². The second kappa shape index (κ2) is 3.57. The molecule has 2 heterocycles. The quantitative estimate of drug-likeness (QED) is 0.722. The van der Waals surface area contributed by atoms with E-state index < -0.39 is 0 Å². The molecule has 1 N–H and O–H groups in total. The van der Waals surface area contributed by atoms with Gasteiger partial charge in [0.15, 0.2) is 5.17 Å². The van der Waals surface area contributed by atoms with Crippen LogP contribution < -0.4 is 5.32 Å². The van der Waals surface area contributed by atoms with Crippen molar-refractivity contribution in [2.45, 2.75) is 0 Å². The average molecular weight is 193 g/mol. The van der Waals surface area contributed by atoms with Gasteiger partial charge in [0.2, 0.25) is 5.91 Å². The molecule has 0 radical (unpaired) electrons. The van der Waals surface area contributed by atoms with Crippen LogP contribution in [0.2, 0.25) is 0 Å². The van der Waals surface area contributed by atoms with Gasteiger partial charge in [0.05, 0.1) is 17.6 Å². The average Bonchev–Trinajstić information content (AvgIpc) is 2.53. The zero-order valence-electron chi connectivity index (χ0n) is 6.73. The number of amidine groups is 1. The topological polar surface area (TPSA) is 54.4 Å². The number of nitrogens with zero attached hydrogens (tertiary/aromatic N) is 2. The lowest BCUT2D eigenvalue weighted by molar-refractivity contribution is -0.116. The molecule has 0 spiro atoms. The minimum absolute atomic E-state index is 0.00707. The number of hydrogen-bond donors (Lipinski definition) is 1. The number of aromatic nitrogens is 1. The highest BCUT2D eigenvalue weighted by atomic mass is 32.2. The van der Waals surface area contributed by atoms with Crippen molar-refractivity contribution >= 4 is 28.5 Å². The van der Waals surface area contributed by atoms with Gasteiger partial charge in [-0.1, -0.05) is 11.8 Å². The molecular weight excluding hydrogens is 186 g/mol. The highest BCUT2D eigenvalue weighted by Crippen LogP contribution is 2.15. The largest absolute Gasteiger partial charge is 0.304 e. The molecule has 2 rings (SSSR count). The van der Waals surface area contributed by atoms with Crippen molar-refractivity contribution in [1.29, 1.82) is 0 Å². The molecule has 4 nitrogen and oxygen atoms in total. The molecule has 0 unspecified atom stereocenters. The summed E-state index contributed by atoms with van der Waals surface area (Å²) in [6, 6.07) is 3.64. The smallest absolute Gasteiger partial charge is 0.236 e. The van der Waals surface area contributed by atoms with Crippen LogP contribution in [0.5, 0.6) is 0 Å². The number of aliphatic imine (C=N–C) groups is 1. The van der Waals surface area contributed by atoms with Crippen molar-refractivity contribution in [2.75, 3.05) is 5.75 Å². The molecule has 13 heavy (non-hydrogen) atoms. The summed E-state index contributed by atoms with van der Waals surface area (Å²) < 4.78 is 0. The van der Waals surface area contributed by atoms with Crippen LogP contribution in [0.3, 0.4) is 0 Å². The SMILES string of the molecule is O=C1CSC(=Nc2cccnc2)N1. The van der Waals surface area contributed by atoms with E-state index in [2.05, 4.69) is 15.3 Å². The fraction of sp³-hybridized carbons (Fsp3) is 0.125. The van der Waals surface area contributed by atoms with Crippen LogP contribution >= 0.6 is 11.8 Å². The van der Waals surface area contributed by atoms with E-state index in [4.69, 9.17) is 0 Å². The van der Waals surface area contributed by atoms with Gasteiger partial charge < -0.3 is 5.32 Å². The van der Waals surface area contributed by atoms with Crippen LogP contribution in [0.15, 0.2) is 29.5 Å². The Morgan fingerprint density at radius 1 is 1.62 bits per heavy atom. The molecule has 0 aliphatic carbocycles. The van der Waals surface area contributed by atoms with E-state index in [9.17, 15) is 4.79 Å². The third-order valence-corrected chi connectivity index (χ3v) is 2.34. The summed E-state index contributed by atoms with van der Waals surface area (Å²) in [6.07, 6.45) is 3.34.